The van der Waals surface area contributed by atoms with Gasteiger partial charge in [-0.3, -0.25) is 0 Å². The van der Waals surface area contributed by atoms with Crippen molar-refractivity contribution in [3.8, 4) is 0 Å². The summed E-state index contributed by atoms with van der Waals surface area (Å²) in [7, 11) is 0. The molecule has 0 aromatic heterocycles. The molecule has 3 fully saturated rings. The summed E-state index contributed by atoms with van der Waals surface area (Å²) in [5.41, 5.74) is 6.94. The molecule has 4 rings (SSSR count). The number of allylic oxidation sites excluding steroid dienone is 2. The molecule has 0 spiro atoms. The first-order valence-corrected chi connectivity index (χ1v) is 8.62. The molecule has 4 aliphatic rings. The molecule has 0 aliphatic heterocycles. The number of nitrogens with two attached hydrogens (primary N) is 1. The zero-order valence-electron chi connectivity index (χ0n) is 12.4. The summed E-state index contributed by atoms with van der Waals surface area (Å²) in [5.74, 6) is 4.88. The van der Waals surface area contributed by atoms with E-state index in [1.165, 1.54) is 51.4 Å². The van der Waals surface area contributed by atoms with Gasteiger partial charge in [0.2, 0.25) is 0 Å². The fourth-order valence-electron chi connectivity index (χ4n) is 6.40. The van der Waals surface area contributed by atoms with E-state index in [0.717, 1.165) is 29.6 Å². The lowest BCUT2D eigenvalue weighted by molar-refractivity contribution is -0.0309. The summed E-state index contributed by atoms with van der Waals surface area (Å²) >= 11 is 0. The van der Waals surface area contributed by atoms with E-state index >= 15 is 0 Å². The third-order valence-electron chi connectivity index (χ3n) is 7.54. The van der Waals surface area contributed by atoms with Gasteiger partial charge < -0.3 is 5.73 Å². The summed E-state index contributed by atoms with van der Waals surface area (Å²) in [6.07, 6.45) is 16.4. The Morgan fingerprint density at radius 3 is 2.79 bits per heavy atom. The Morgan fingerprint density at radius 2 is 1.89 bits per heavy atom. The van der Waals surface area contributed by atoms with Gasteiger partial charge in [-0.15, -0.1) is 0 Å². The normalized spacial score (nSPS) is 56.3. The predicted octanol–water partition coefficient (Wildman–Crippen LogP) is 4.13. The van der Waals surface area contributed by atoms with Crippen molar-refractivity contribution >= 4 is 0 Å². The standard InChI is InChI=1S/C18H29N/c1-18-11-10-14-13-5-3-2-4-12(13)6-7-15(14)16(18)8-9-17(18)19/h3,5,12-17H,2,4,6-11,19H2,1H3/t12?,13-,14+,15+,16-,17?,18-/m0/s1. The van der Waals surface area contributed by atoms with Crippen LogP contribution in [-0.4, -0.2) is 6.04 Å². The maximum absolute atomic E-state index is 6.46. The molecule has 0 amide bonds. The highest BCUT2D eigenvalue weighted by Crippen LogP contribution is 2.61. The van der Waals surface area contributed by atoms with Gasteiger partial charge in [-0.25, -0.2) is 0 Å². The molecule has 2 unspecified atom stereocenters. The third-order valence-corrected chi connectivity index (χ3v) is 7.54. The van der Waals surface area contributed by atoms with Gasteiger partial charge in [-0.2, -0.15) is 0 Å². The van der Waals surface area contributed by atoms with Crippen LogP contribution >= 0.6 is 0 Å². The highest BCUT2D eigenvalue weighted by atomic mass is 14.8. The first-order valence-electron chi connectivity index (χ1n) is 8.62. The second kappa shape index (κ2) is 4.35. The van der Waals surface area contributed by atoms with Gasteiger partial charge in [-0.05, 0) is 86.4 Å². The third kappa shape index (κ3) is 1.70. The van der Waals surface area contributed by atoms with E-state index in [1.807, 2.05) is 0 Å². The Balaban J connectivity index is 1.63. The van der Waals surface area contributed by atoms with Crippen molar-refractivity contribution < 1.29 is 0 Å². The minimum atomic E-state index is 0.479. The van der Waals surface area contributed by atoms with Gasteiger partial charge in [0.15, 0.2) is 0 Å². The van der Waals surface area contributed by atoms with Crippen LogP contribution in [0.2, 0.25) is 0 Å². The number of rotatable bonds is 0. The largest absolute Gasteiger partial charge is 0.327 e. The summed E-state index contributed by atoms with van der Waals surface area (Å²) in [5, 5.41) is 0. The molecule has 0 bridgehead atoms. The molecule has 0 aromatic rings. The molecule has 19 heavy (non-hydrogen) atoms. The van der Waals surface area contributed by atoms with Crippen LogP contribution in [0.1, 0.15) is 58.3 Å². The Labute approximate surface area is 118 Å². The van der Waals surface area contributed by atoms with Crippen molar-refractivity contribution in [1.29, 1.82) is 0 Å². The van der Waals surface area contributed by atoms with Crippen molar-refractivity contribution in [2.75, 3.05) is 0 Å². The average molecular weight is 259 g/mol. The molecule has 1 nitrogen and oxygen atoms in total. The van der Waals surface area contributed by atoms with Crippen molar-refractivity contribution in [3.05, 3.63) is 12.2 Å². The van der Waals surface area contributed by atoms with Crippen LogP contribution in [0.4, 0.5) is 0 Å². The summed E-state index contributed by atoms with van der Waals surface area (Å²) < 4.78 is 0. The monoisotopic (exact) mass is 259 g/mol. The van der Waals surface area contributed by atoms with E-state index < -0.39 is 0 Å². The van der Waals surface area contributed by atoms with E-state index in [-0.39, 0.29) is 0 Å². The molecular weight excluding hydrogens is 230 g/mol. The molecule has 1 heteroatoms. The van der Waals surface area contributed by atoms with Gasteiger partial charge in [0.05, 0.1) is 0 Å². The van der Waals surface area contributed by atoms with E-state index in [9.17, 15) is 0 Å². The maximum Gasteiger partial charge on any atom is 0.00957 e. The van der Waals surface area contributed by atoms with Gasteiger partial charge in [0.1, 0.15) is 0 Å². The second-order valence-corrected chi connectivity index (χ2v) is 8.08. The van der Waals surface area contributed by atoms with Crippen molar-refractivity contribution in [2.24, 2.45) is 40.7 Å². The van der Waals surface area contributed by atoms with Gasteiger partial charge >= 0.3 is 0 Å². The van der Waals surface area contributed by atoms with Crippen LogP contribution in [0.3, 0.4) is 0 Å². The fourth-order valence-corrected chi connectivity index (χ4v) is 6.40. The van der Waals surface area contributed by atoms with Crippen molar-refractivity contribution in [2.45, 2.75) is 64.3 Å². The van der Waals surface area contributed by atoms with Gasteiger partial charge in [0.25, 0.3) is 0 Å². The SMILES string of the molecule is C[C@]12CC[C@H]3[C@@H](CCC4CCC=C[C@@H]43)[C@@H]1CCC2N. The summed E-state index contributed by atoms with van der Waals surface area (Å²) in [6.45, 7) is 2.51. The molecule has 4 aliphatic carbocycles. The first kappa shape index (κ1) is 12.4. The molecular formula is C18H29N. The Morgan fingerprint density at radius 1 is 1.00 bits per heavy atom. The second-order valence-electron chi connectivity index (χ2n) is 8.08. The van der Waals surface area contributed by atoms with Crippen LogP contribution in [0.25, 0.3) is 0 Å². The van der Waals surface area contributed by atoms with Crippen molar-refractivity contribution in [3.63, 3.8) is 0 Å². The lowest BCUT2D eigenvalue weighted by Crippen LogP contribution is -2.50. The predicted molar refractivity (Wildman–Crippen MR) is 79.6 cm³/mol. The van der Waals surface area contributed by atoms with E-state index in [2.05, 4.69) is 19.1 Å². The zero-order valence-corrected chi connectivity index (χ0v) is 12.4. The minimum absolute atomic E-state index is 0.479. The number of hydrogen-bond acceptors (Lipinski definition) is 1. The van der Waals surface area contributed by atoms with E-state index in [0.29, 0.717) is 11.5 Å². The number of fused-ring (bicyclic) bond motifs is 5. The molecule has 2 N–H and O–H groups in total. The Kier molecular flexibility index (Phi) is 2.85. The number of hydrogen-bond donors (Lipinski definition) is 1. The van der Waals surface area contributed by atoms with Crippen LogP contribution < -0.4 is 5.73 Å². The summed E-state index contributed by atoms with van der Waals surface area (Å²) in [6, 6.07) is 0.484. The smallest absolute Gasteiger partial charge is 0.00957 e. The first-order chi connectivity index (χ1) is 9.20. The summed E-state index contributed by atoms with van der Waals surface area (Å²) in [4.78, 5) is 0. The Bertz CT molecular complexity index is 387. The van der Waals surface area contributed by atoms with E-state index in [1.54, 1.807) is 0 Å². The molecule has 0 heterocycles. The minimum Gasteiger partial charge on any atom is -0.327 e. The molecule has 106 valence electrons. The Hall–Kier alpha value is -0.300. The molecule has 3 saturated carbocycles. The molecule has 0 aromatic carbocycles. The zero-order chi connectivity index (χ0) is 13.0. The van der Waals surface area contributed by atoms with Gasteiger partial charge in [0, 0.05) is 6.04 Å². The highest BCUT2D eigenvalue weighted by Gasteiger charge is 2.55. The van der Waals surface area contributed by atoms with Crippen LogP contribution in [-0.2, 0) is 0 Å². The van der Waals surface area contributed by atoms with Crippen molar-refractivity contribution in [1.82, 2.24) is 0 Å². The lowest BCUT2D eigenvalue weighted by atomic mass is 9.51. The van der Waals surface area contributed by atoms with Gasteiger partial charge in [-0.1, -0.05) is 19.1 Å². The topological polar surface area (TPSA) is 26.0 Å². The fraction of sp³-hybridized carbons (Fsp3) is 0.889. The quantitative estimate of drug-likeness (QED) is 0.650. The molecule has 0 saturated heterocycles. The van der Waals surface area contributed by atoms with Crippen LogP contribution in [0.5, 0.6) is 0 Å². The van der Waals surface area contributed by atoms with E-state index in [4.69, 9.17) is 5.73 Å². The van der Waals surface area contributed by atoms with Crippen LogP contribution in [0.15, 0.2) is 12.2 Å². The average Bonchev–Trinajstić information content (AvgIpc) is 2.75. The van der Waals surface area contributed by atoms with Crippen LogP contribution in [0, 0.1) is 35.0 Å². The highest BCUT2D eigenvalue weighted by molar-refractivity contribution is 5.10. The lowest BCUT2D eigenvalue weighted by Gasteiger charge is -2.54. The maximum atomic E-state index is 6.46. The molecule has 0 radical (unpaired) electrons. The molecule has 7 atom stereocenters.